The minimum Gasteiger partial charge on any atom is -0.184 e. The van der Waals surface area contributed by atoms with Gasteiger partial charge >= 0.3 is 0 Å². The highest BCUT2D eigenvalue weighted by Gasteiger charge is 2.17. The Morgan fingerprint density at radius 2 is 2.09 bits per heavy atom. The molecule has 0 amide bonds. The van der Waals surface area contributed by atoms with Crippen molar-refractivity contribution < 1.29 is 8.42 Å². The summed E-state index contributed by atoms with van der Waals surface area (Å²) in [7, 11) is -2.28. The van der Waals surface area contributed by atoms with E-state index in [1.54, 1.807) is 12.2 Å². The molecule has 2 nitrogen and oxygen atoms in total. The molecule has 0 radical (unpaired) electrons. The molecule has 60 valence electrons. The lowest BCUT2D eigenvalue weighted by Crippen LogP contribution is -2.15. The number of rotatable bonds is 0. The molecule has 0 N–H and O–H groups in total. The van der Waals surface area contributed by atoms with E-state index in [9.17, 15) is 8.42 Å². The SMILES string of the molecule is O=S(=O)=C1C=CC=C(Cl)C1Cl. The van der Waals surface area contributed by atoms with E-state index in [2.05, 4.69) is 0 Å². The van der Waals surface area contributed by atoms with Gasteiger partial charge in [0.05, 0.1) is 4.86 Å². The zero-order chi connectivity index (χ0) is 8.43. The van der Waals surface area contributed by atoms with Crippen LogP contribution in [0.4, 0.5) is 0 Å². The zero-order valence-corrected chi connectivity index (χ0v) is 7.62. The van der Waals surface area contributed by atoms with Crippen molar-refractivity contribution in [2.45, 2.75) is 5.38 Å². The fraction of sp³-hybridized carbons (Fsp3) is 0.167. The van der Waals surface area contributed by atoms with E-state index in [4.69, 9.17) is 23.2 Å². The van der Waals surface area contributed by atoms with Crippen LogP contribution in [0.25, 0.3) is 0 Å². The van der Waals surface area contributed by atoms with Gasteiger partial charge in [0, 0.05) is 5.03 Å². The van der Waals surface area contributed by atoms with Crippen LogP contribution in [0.15, 0.2) is 23.3 Å². The molecule has 5 heteroatoms. The summed E-state index contributed by atoms with van der Waals surface area (Å²) in [5, 5.41) is -0.395. The van der Waals surface area contributed by atoms with E-state index >= 15 is 0 Å². The fourth-order valence-corrected chi connectivity index (χ4v) is 1.78. The van der Waals surface area contributed by atoms with Crippen molar-refractivity contribution in [3.05, 3.63) is 23.3 Å². The second kappa shape index (κ2) is 3.43. The standard InChI is InChI=1S/C6H4Cl2O2S/c7-4-2-1-3-5(6(4)8)11(9)10/h1-3,6H. The third-order valence-corrected chi connectivity index (χ3v) is 3.01. The van der Waals surface area contributed by atoms with Crippen molar-refractivity contribution >= 4 is 38.4 Å². The summed E-state index contributed by atoms with van der Waals surface area (Å²) in [6.07, 6.45) is 4.54. The van der Waals surface area contributed by atoms with Crippen molar-refractivity contribution in [2.24, 2.45) is 0 Å². The normalized spacial score (nSPS) is 23.3. The van der Waals surface area contributed by atoms with E-state index in [0.717, 1.165) is 0 Å². The van der Waals surface area contributed by atoms with Gasteiger partial charge in [-0.2, -0.15) is 8.42 Å². The van der Waals surface area contributed by atoms with Crippen LogP contribution >= 0.6 is 23.2 Å². The van der Waals surface area contributed by atoms with Crippen molar-refractivity contribution in [3.63, 3.8) is 0 Å². The summed E-state index contributed by atoms with van der Waals surface area (Å²) in [5.74, 6) is 0. The molecular formula is C6H4Cl2O2S. The Morgan fingerprint density at radius 1 is 1.45 bits per heavy atom. The molecule has 1 aliphatic rings. The molecule has 1 aliphatic carbocycles. The molecule has 1 rings (SSSR count). The fourth-order valence-electron chi connectivity index (χ4n) is 0.680. The topological polar surface area (TPSA) is 34.1 Å². The largest absolute Gasteiger partial charge is 0.219 e. The number of hydrogen-bond acceptors (Lipinski definition) is 2. The van der Waals surface area contributed by atoms with Gasteiger partial charge in [0.2, 0.25) is 10.3 Å². The molecule has 0 heterocycles. The van der Waals surface area contributed by atoms with E-state index in [1.165, 1.54) is 6.08 Å². The lowest BCUT2D eigenvalue weighted by molar-refractivity contribution is 0.627. The Labute approximate surface area is 75.6 Å². The first-order chi connectivity index (χ1) is 5.13. The lowest BCUT2D eigenvalue weighted by atomic mass is 10.2. The predicted molar refractivity (Wildman–Crippen MR) is 46.6 cm³/mol. The average molecular weight is 211 g/mol. The Bertz CT molecular complexity index is 343. The van der Waals surface area contributed by atoms with Gasteiger partial charge in [-0.25, -0.2) is 0 Å². The highest BCUT2D eigenvalue weighted by Crippen LogP contribution is 2.19. The maximum absolute atomic E-state index is 10.5. The molecule has 11 heavy (non-hydrogen) atoms. The summed E-state index contributed by atoms with van der Waals surface area (Å²) in [6.45, 7) is 0. The molecule has 0 fully saturated rings. The van der Waals surface area contributed by atoms with Crippen LogP contribution in [0.5, 0.6) is 0 Å². The van der Waals surface area contributed by atoms with Gasteiger partial charge in [0.1, 0.15) is 5.38 Å². The minimum absolute atomic E-state index is 0.110. The minimum atomic E-state index is -2.28. The summed E-state index contributed by atoms with van der Waals surface area (Å²) >= 11 is 11.2. The van der Waals surface area contributed by atoms with Gasteiger partial charge < -0.3 is 0 Å². The predicted octanol–water partition coefficient (Wildman–Crippen LogP) is 1.34. The van der Waals surface area contributed by atoms with Gasteiger partial charge in [-0.05, 0) is 12.2 Å². The highest BCUT2D eigenvalue weighted by molar-refractivity contribution is 7.73. The van der Waals surface area contributed by atoms with E-state index in [1.807, 2.05) is 0 Å². The van der Waals surface area contributed by atoms with Gasteiger partial charge in [-0.15, -0.1) is 11.6 Å². The smallest absolute Gasteiger partial charge is 0.184 e. The number of hydrogen-bond donors (Lipinski definition) is 0. The lowest BCUT2D eigenvalue weighted by Gasteiger charge is -2.07. The molecule has 0 aliphatic heterocycles. The Morgan fingerprint density at radius 3 is 2.55 bits per heavy atom. The van der Waals surface area contributed by atoms with Crippen LogP contribution in [0.1, 0.15) is 0 Å². The van der Waals surface area contributed by atoms with Crippen LogP contribution in [0.2, 0.25) is 0 Å². The quantitative estimate of drug-likeness (QED) is 0.447. The Balaban J connectivity index is 3.20. The zero-order valence-electron chi connectivity index (χ0n) is 5.29. The van der Waals surface area contributed by atoms with Gasteiger partial charge in [-0.3, -0.25) is 0 Å². The van der Waals surface area contributed by atoms with Crippen molar-refractivity contribution in [3.8, 4) is 0 Å². The Kier molecular flexibility index (Phi) is 2.76. The van der Waals surface area contributed by atoms with E-state index < -0.39 is 15.7 Å². The average Bonchev–Trinajstić information content (AvgIpc) is 1.94. The van der Waals surface area contributed by atoms with Crippen LogP contribution in [0.3, 0.4) is 0 Å². The van der Waals surface area contributed by atoms with Crippen molar-refractivity contribution in [1.82, 2.24) is 0 Å². The molecule has 1 unspecified atom stereocenters. The maximum Gasteiger partial charge on any atom is 0.219 e. The molecular weight excluding hydrogens is 207 g/mol. The number of halogens is 2. The van der Waals surface area contributed by atoms with E-state index in [-0.39, 0.29) is 4.86 Å². The summed E-state index contributed by atoms with van der Waals surface area (Å²) in [6, 6.07) is 0. The molecule has 0 saturated heterocycles. The second-order valence-corrected chi connectivity index (χ2v) is 3.72. The number of allylic oxidation sites excluding steroid dienone is 4. The molecule has 0 aromatic carbocycles. The Hall–Kier alpha value is -0.250. The third kappa shape index (κ3) is 1.86. The molecule has 0 spiro atoms. The van der Waals surface area contributed by atoms with Crippen LogP contribution < -0.4 is 0 Å². The van der Waals surface area contributed by atoms with Crippen LogP contribution in [-0.2, 0) is 10.3 Å². The van der Waals surface area contributed by atoms with Gasteiger partial charge in [0.15, 0.2) is 0 Å². The summed E-state index contributed by atoms with van der Waals surface area (Å²) in [5.41, 5.74) is 0. The third-order valence-electron chi connectivity index (χ3n) is 1.20. The molecule has 1 atom stereocenters. The van der Waals surface area contributed by atoms with Crippen molar-refractivity contribution in [1.29, 1.82) is 0 Å². The second-order valence-electron chi connectivity index (χ2n) is 1.91. The summed E-state index contributed by atoms with van der Waals surface area (Å²) in [4.78, 5) is 0.110. The van der Waals surface area contributed by atoms with Gasteiger partial charge in [-0.1, -0.05) is 17.7 Å². The monoisotopic (exact) mass is 210 g/mol. The van der Waals surface area contributed by atoms with Crippen LogP contribution in [0, 0.1) is 0 Å². The maximum atomic E-state index is 10.5. The van der Waals surface area contributed by atoms with Gasteiger partial charge in [0.25, 0.3) is 0 Å². The first-order valence-corrected chi connectivity index (χ1v) is 4.66. The first kappa shape index (κ1) is 8.84. The highest BCUT2D eigenvalue weighted by atomic mass is 35.5. The molecule has 0 aromatic heterocycles. The molecule has 0 aromatic rings. The van der Waals surface area contributed by atoms with E-state index in [0.29, 0.717) is 5.03 Å². The number of alkyl halides is 1. The molecule has 0 saturated carbocycles. The first-order valence-electron chi connectivity index (χ1n) is 2.77. The van der Waals surface area contributed by atoms with Crippen molar-refractivity contribution in [2.75, 3.05) is 0 Å². The molecule has 0 bridgehead atoms. The summed E-state index contributed by atoms with van der Waals surface area (Å²) < 4.78 is 20.9. The van der Waals surface area contributed by atoms with Crippen LogP contribution in [-0.4, -0.2) is 18.7 Å².